The Hall–Kier alpha value is -4.32. The van der Waals surface area contributed by atoms with Gasteiger partial charge in [-0.3, -0.25) is 19.1 Å². The summed E-state index contributed by atoms with van der Waals surface area (Å²) in [6, 6.07) is 2.24. The molecule has 19 heteroatoms. The number of halogens is 4. The minimum Gasteiger partial charge on any atom is -0.494 e. The number of carbonyl (C=O) groups excluding carboxylic acids is 4. The highest BCUT2D eigenvalue weighted by Gasteiger charge is 2.63. The molecule has 3 fully saturated rings. The monoisotopic (exact) mass is 855 g/mol. The van der Waals surface area contributed by atoms with E-state index >= 15 is 0 Å². The first kappa shape index (κ1) is 43.3. The van der Waals surface area contributed by atoms with Crippen LogP contribution in [-0.2, 0) is 29.1 Å². The lowest BCUT2D eigenvalue weighted by Gasteiger charge is -2.34. The number of allylic oxidation sites excluding steroid dienone is 1. The van der Waals surface area contributed by atoms with Crippen molar-refractivity contribution < 1.29 is 55.0 Å². The van der Waals surface area contributed by atoms with Crippen LogP contribution in [0.15, 0.2) is 36.5 Å². The maximum Gasteiger partial charge on any atom is 0.427 e. The van der Waals surface area contributed by atoms with Crippen LogP contribution in [0.4, 0.5) is 18.0 Å². The summed E-state index contributed by atoms with van der Waals surface area (Å²) in [7, 11) is -2.64. The molecule has 0 radical (unpaired) electrons. The molecule has 6 rings (SSSR count). The van der Waals surface area contributed by atoms with Gasteiger partial charge in [0.15, 0.2) is 0 Å². The van der Waals surface area contributed by atoms with Crippen LogP contribution < -0.4 is 24.8 Å². The van der Waals surface area contributed by atoms with Crippen molar-refractivity contribution in [1.82, 2.24) is 25.2 Å². The number of benzene rings is 1. The summed E-state index contributed by atoms with van der Waals surface area (Å²) in [4.78, 5) is 61.9. The molecule has 0 spiro atoms. The maximum atomic E-state index is 14.8. The summed E-state index contributed by atoms with van der Waals surface area (Å²) in [5.41, 5.74) is -4.55. The van der Waals surface area contributed by atoms with Gasteiger partial charge in [0.2, 0.25) is 33.3 Å². The van der Waals surface area contributed by atoms with Gasteiger partial charge in [-0.25, -0.2) is 18.2 Å². The second-order valence-corrected chi connectivity index (χ2v) is 19.4. The predicted molar refractivity (Wildman–Crippen MR) is 206 cm³/mol. The van der Waals surface area contributed by atoms with Crippen molar-refractivity contribution in [2.75, 3.05) is 13.7 Å². The Morgan fingerprint density at radius 1 is 1.12 bits per heavy atom. The minimum absolute atomic E-state index is 0.0485. The number of aromatic nitrogens is 1. The number of methoxy groups -OCH3 is 1. The van der Waals surface area contributed by atoms with Crippen LogP contribution in [0.5, 0.6) is 11.6 Å². The Labute approximate surface area is 340 Å². The molecule has 318 valence electrons. The van der Waals surface area contributed by atoms with Gasteiger partial charge in [-0.15, -0.1) is 0 Å². The van der Waals surface area contributed by atoms with Crippen LogP contribution >= 0.6 is 11.6 Å². The molecule has 3 heterocycles. The highest BCUT2D eigenvalue weighted by atomic mass is 35.5. The number of nitrogens with zero attached hydrogens (tertiary/aromatic N) is 2. The number of pyridine rings is 1. The first-order valence-corrected chi connectivity index (χ1v) is 21.1. The molecule has 7 atom stereocenters. The molecule has 14 nitrogen and oxygen atoms in total. The average molecular weight is 856 g/mol. The number of fused-ring (bicyclic) bond motifs is 3. The molecule has 4 aliphatic rings. The van der Waals surface area contributed by atoms with Gasteiger partial charge in [-0.1, -0.05) is 43.7 Å². The molecule has 0 bridgehead atoms. The zero-order valence-corrected chi connectivity index (χ0v) is 34.6. The van der Waals surface area contributed by atoms with Crippen molar-refractivity contribution in [1.29, 1.82) is 0 Å². The molecular formula is C39H49ClF3N5O9S. The van der Waals surface area contributed by atoms with Gasteiger partial charge in [-0.2, -0.15) is 13.2 Å². The van der Waals surface area contributed by atoms with Crippen molar-refractivity contribution in [2.45, 2.75) is 120 Å². The number of carbonyl (C=O) groups is 4. The lowest BCUT2D eigenvalue weighted by Crippen LogP contribution is -2.59. The number of sulfonamides is 1. The molecule has 2 aliphatic heterocycles. The van der Waals surface area contributed by atoms with E-state index in [-0.39, 0.29) is 31.2 Å². The van der Waals surface area contributed by atoms with Gasteiger partial charge in [0, 0.05) is 23.1 Å². The van der Waals surface area contributed by atoms with Crippen LogP contribution in [0.2, 0.25) is 5.02 Å². The molecule has 2 aromatic rings. The van der Waals surface area contributed by atoms with Crippen molar-refractivity contribution in [3.63, 3.8) is 0 Å². The van der Waals surface area contributed by atoms with E-state index in [4.69, 9.17) is 25.8 Å². The molecule has 58 heavy (non-hydrogen) atoms. The normalized spacial score (nSPS) is 29.4. The second kappa shape index (κ2) is 15.7. The van der Waals surface area contributed by atoms with Gasteiger partial charge < -0.3 is 29.7 Å². The number of hydrogen-bond acceptors (Lipinski definition) is 10. The van der Waals surface area contributed by atoms with Crippen LogP contribution in [0.25, 0.3) is 10.8 Å². The van der Waals surface area contributed by atoms with Crippen molar-refractivity contribution in [2.24, 2.45) is 17.8 Å². The Morgan fingerprint density at radius 2 is 1.83 bits per heavy atom. The first-order valence-electron chi connectivity index (χ1n) is 19.2. The smallest absolute Gasteiger partial charge is 0.427 e. The number of rotatable bonds is 8. The quantitative estimate of drug-likeness (QED) is 0.284. The number of alkyl halides is 3. The fourth-order valence-electron chi connectivity index (χ4n) is 7.65. The van der Waals surface area contributed by atoms with Crippen LogP contribution in [-0.4, -0.2) is 96.0 Å². The fourth-order valence-corrected chi connectivity index (χ4v) is 9.23. The summed E-state index contributed by atoms with van der Waals surface area (Å²) >= 11 is 6.51. The third-order valence-corrected chi connectivity index (χ3v) is 14.3. The highest BCUT2D eigenvalue weighted by Crippen LogP contribution is 2.48. The molecule has 3 N–H and O–H groups in total. The first-order chi connectivity index (χ1) is 27.0. The SMILES string of the molecule is COc1cnc(O[C@@H]2C[C@H]3C(=O)N[C@]4(C(=O)NS(=O)(=O)C5(C)CC5)C[C@H]4/C=C/CC[C@@H](C)C[C@@H](C)[C@H](NC(=O)OC(C)(C)C(F)(F)F)C(=O)N3C2)c2cccc(Cl)c12. The number of nitrogens with one attached hydrogen (secondary N) is 3. The molecular weight excluding hydrogens is 807 g/mol. The Morgan fingerprint density at radius 3 is 2.48 bits per heavy atom. The van der Waals surface area contributed by atoms with Crippen LogP contribution in [0, 0.1) is 17.8 Å². The van der Waals surface area contributed by atoms with Gasteiger partial charge >= 0.3 is 12.3 Å². The number of ether oxygens (including phenoxy) is 3. The number of alkyl carbamates (subject to hydrolysis) is 1. The van der Waals surface area contributed by atoms with Crippen LogP contribution in [0.3, 0.4) is 0 Å². The summed E-state index contributed by atoms with van der Waals surface area (Å²) in [5, 5.41) is 6.47. The summed E-state index contributed by atoms with van der Waals surface area (Å²) in [5.74, 6) is -3.29. The molecule has 1 aromatic heterocycles. The van der Waals surface area contributed by atoms with Gasteiger partial charge in [0.25, 0.3) is 5.91 Å². The standard InChI is InChI=1S/C39H49ClF3N5O9S/c1-21-10-7-8-11-23-18-38(23,34(51)47-58(53,54)37(5)14-15-37)46-31(49)27-17-24(56-32-25-12-9-13-26(40)29(25)28(55-6)19-44-32)20-48(27)33(50)30(22(2)16-21)45-35(52)57-36(3,4)39(41,42)43/h8-9,11-13,19,21-24,27,30H,7,10,14-18,20H2,1-6H3,(H,45,52)(H,46,49)(H,47,51)/b11-8+/t21-,22-,23-,24-,27+,30+,38-/m1/s1. The minimum atomic E-state index is -4.92. The van der Waals surface area contributed by atoms with E-state index in [0.29, 0.717) is 67.5 Å². The third kappa shape index (κ3) is 8.54. The van der Waals surface area contributed by atoms with E-state index in [1.807, 2.05) is 13.0 Å². The van der Waals surface area contributed by atoms with E-state index in [1.165, 1.54) is 25.1 Å². The highest BCUT2D eigenvalue weighted by molar-refractivity contribution is 7.91. The Balaban J connectivity index is 1.36. The third-order valence-electron chi connectivity index (χ3n) is 11.8. The van der Waals surface area contributed by atoms with E-state index in [2.05, 4.69) is 20.3 Å². The lowest BCUT2D eigenvalue weighted by atomic mass is 9.88. The summed E-state index contributed by atoms with van der Waals surface area (Å²) in [6.07, 6.45) is -0.103. The van der Waals surface area contributed by atoms with Gasteiger partial charge in [0.1, 0.15) is 29.5 Å². The molecule has 1 aromatic carbocycles. The van der Waals surface area contributed by atoms with E-state index in [9.17, 15) is 40.8 Å². The predicted octanol–water partition coefficient (Wildman–Crippen LogP) is 5.57. The second-order valence-electron chi connectivity index (χ2n) is 16.8. The Kier molecular flexibility index (Phi) is 11.7. The fraction of sp³-hybridized carbons (Fsp3) is 0.615. The topological polar surface area (TPSA) is 182 Å². The largest absolute Gasteiger partial charge is 0.494 e. The number of amides is 4. The molecule has 2 saturated carbocycles. The van der Waals surface area contributed by atoms with Gasteiger partial charge in [-0.05, 0) is 83.3 Å². The summed E-state index contributed by atoms with van der Waals surface area (Å²) in [6.45, 7) is 6.26. The van der Waals surface area contributed by atoms with Crippen molar-refractivity contribution in [3.8, 4) is 11.6 Å². The number of hydrogen-bond donors (Lipinski definition) is 3. The summed E-state index contributed by atoms with van der Waals surface area (Å²) < 4.78 is 85.3. The lowest BCUT2D eigenvalue weighted by molar-refractivity contribution is -0.244. The van der Waals surface area contributed by atoms with Crippen molar-refractivity contribution >= 4 is 56.2 Å². The van der Waals surface area contributed by atoms with E-state index in [1.54, 1.807) is 31.2 Å². The van der Waals surface area contributed by atoms with Crippen LogP contribution in [0.1, 0.15) is 79.6 Å². The zero-order valence-electron chi connectivity index (χ0n) is 33.1. The molecule has 2 aliphatic carbocycles. The van der Waals surface area contributed by atoms with Gasteiger partial charge in [0.05, 0.1) is 29.6 Å². The van der Waals surface area contributed by atoms with E-state index in [0.717, 1.165) is 0 Å². The molecule has 0 unspecified atom stereocenters. The maximum absolute atomic E-state index is 14.8. The molecule has 4 amide bonds. The molecule has 1 saturated heterocycles. The Bertz CT molecular complexity index is 2110. The van der Waals surface area contributed by atoms with E-state index < -0.39 is 85.9 Å². The zero-order chi connectivity index (χ0) is 42.6. The average Bonchev–Trinajstić information content (AvgIpc) is 4.01. The van der Waals surface area contributed by atoms with Crippen molar-refractivity contribution in [3.05, 3.63) is 41.6 Å².